The Morgan fingerprint density at radius 3 is 1.70 bits per heavy atom. The maximum atomic E-state index is 12.6. The third-order valence-electron chi connectivity index (χ3n) is 7.79. The van der Waals surface area contributed by atoms with Crippen LogP contribution in [0.3, 0.4) is 0 Å². The lowest BCUT2D eigenvalue weighted by Gasteiger charge is -2.31. The van der Waals surface area contributed by atoms with Gasteiger partial charge in [0, 0.05) is 6.42 Å². The Bertz CT molecular complexity index is 890. The van der Waals surface area contributed by atoms with E-state index >= 15 is 0 Å². The lowest BCUT2D eigenvalue weighted by atomic mass is 9.89. The van der Waals surface area contributed by atoms with Gasteiger partial charge in [-0.3, -0.25) is 4.79 Å². The zero-order chi connectivity index (χ0) is 26.8. The van der Waals surface area contributed by atoms with E-state index in [1.807, 2.05) is 0 Å². The average molecular weight is 512 g/mol. The topological polar surface area (TPSA) is 69.6 Å². The quantitative estimate of drug-likeness (QED) is 0.151. The second-order valence-electron chi connectivity index (χ2n) is 11.0. The van der Waals surface area contributed by atoms with E-state index in [2.05, 4.69) is 55.6 Å². The first-order chi connectivity index (χ1) is 18.1. The van der Waals surface area contributed by atoms with Crippen LogP contribution in [0.1, 0.15) is 121 Å². The van der Waals surface area contributed by atoms with Gasteiger partial charge in [0.1, 0.15) is 0 Å². The van der Waals surface area contributed by atoms with Crippen molar-refractivity contribution in [3.05, 3.63) is 47.5 Å². The number of benzene rings is 2. The zero-order valence-electron chi connectivity index (χ0n) is 23.7. The van der Waals surface area contributed by atoms with Crippen molar-refractivity contribution in [3.8, 4) is 0 Å². The Kier molecular flexibility index (Phi) is 15.5. The number of carbonyl (C=O) groups excluding carboxylic acids is 1. The molecule has 0 aliphatic heterocycles. The molecule has 1 amide bonds. The van der Waals surface area contributed by atoms with E-state index in [-0.39, 0.29) is 19.1 Å². The number of amides is 1. The number of fused-ring (bicyclic) bond motifs is 1. The third kappa shape index (κ3) is 11.2. The lowest BCUT2D eigenvalue weighted by Crippen LogP contribution is -2.54. The summed E-state index contributed by atoms with van der Waals surface area (Å²) in [5, 5.41) is 25.8. The highest BCUT2D eigenvalue weighted by molar-refractivity contribution is 5.88. The van der Waals surface area contributed by atoms with Gasteiger partial charge in [0.25, 0.3) is 0 Å². The minimum atomic E-state index is -0.990. The van der Waals surface area contributed by atoms with Gasteiger partial charge in [0.15, 0.2) is 0 Å². The van der Waals surface area contributed by atoms with Crippen molar-refractivity contribution in [3.63, 3.8) is 0 Å². The fourth-order valence-electron chi connectivity index (χ4n) is 5.28. The van der Waals surface area contributed by atoms with Gasteiger partial charge in [0.05, 0.1) is 18.8 Å². The van der Waals surface area contributed by atoms with Crippen LogP contribution in [0.5, 0.6) is 0 Å². The van der Waals surface area contributed by atoms with Gasteiger partial charge in [-0.2, -0.15) is 0 Å². The van der Waals surface area contributed by atoms with E-state index in [9.17, 15) is 15.0 Å². The van der Waals surface area contributed by atoms with Crippen LogP contribution >= 0.6 is 0 Å². The monoisotopic (exact) mass is 511 g/mol. The first-order valence-corrected chi connectivity index (χ1v) is 15.1. The van der Waals surface area contributed by atoms with E-state index in [0.29, 0.717) is 19.3 Å². The number of hydrogen-bond donors (Lipinski definition) is 3. The minimum absolute atomic E-state index is 0.0733. The molecule has 0 radical (unpaired) electrons. The van der Waals surface area contributed by atoms with Crippen molar-refractivity contribution in [1.29, 1.82) is 0 Å². The molecule has 3 N–H and O–H groups in total. The van der Waals surface area contributed by atoms with Crippen LogP contribution in [-0.4, -0.2) is 34.9 Å². The molecule has 0 atom stereocenters. The summed E-state index contributed by atoms with van der Waals surface area (Å²) in [4.78, 5) is 12.6. The summed E-state index contributed by atoms with van der Waals surface area (Å²) in [6.07, 6.45) is 18.6. The van der Waals surface area contributed by atoms with E-state index in [1.165, 1.54) is 92.5 Å². The number of rotatable bonds is 21. The molecule has 2 aromatic carbocycles. The zero-order valence-corrected chi connectivity index (χ0v) is 23.7. The second-order valence-corrected chi connectivity index (χ2v) is 11.0. The number of hydrogen-bond acceptors (Lipinski definition) is 3. The third-order valence-corrected chi connectivity index (χ3v) is 7.79. The van der Waals surface area contributed by atoms with Gasteiger partial charge in [-0.1, -0.05) is 121 Å². The Balaban J connectivity index is 1.93. The number of aliphatic hydroxyl groups excluding tert-OH is 2. The summed E-state index contributed by atoms with van der Waals surface area (Å²) in [6.45, 7) is 3.94. The summed E-state index contributed by atoms with van der Waals surface area (Å²) in [6, 6.07) is 13.0. The highest BCUT2D eigenvalue weighted by Crippen LogP contribution is 2.27. The van der Waals surface area contributed by atoms with Gasteiger partial charge >= 0.3 is 0 Å². The molecule has 0 fully saturated rings. The average Bonchev–Trinajstić information content (AvgIpc) is 2.93. The largest absolute Gasteiger partial charge is 0.394 e. The molecule has 4 nitrogen and oxygen atoms in total. The van der Waals surface area contributed by atoms with E-state index < -0.39 is 5.54 Å². The normalized spacial score (nSPS) is 11.8. The molecule has 2 aromatic rings. The van der Waals surface area contributed by atoms with Crippen molar-refractivity contribution in [2.45, 2.75) is 129 Å². The fraction of sp³-hybridized carbons (Fsp3) is 0.667. The minimum Gasteiger partial charge on any atom is -0.394 e. The van der Waals surface area contributed by atoms with Crippen LogP contribution in [0.2, 0.25) is 0 Å². The van der Waals surface area contributed by atoms with E-state index in [4.69, 9.17) is 0 Å². The first kappa shape index (κ1) is 31.3. The van der Waals surface area contributed by atoms with Crippen LogP contribution in [-0.2, 0) is 17.6 Å². The molecule has 37 heavy (non-hydrogen) atoms. The Labute approximate surface area is 226 Å². The number of aliphatic hydroxyl groups is 2. The van der Waals surface area contributed by atoms with Crippen molar-refractivity contribution in [1.82, 2.24) is 5.32 Å². The predicted octanol–water partition coefficient (Wildman–Crippen LogP) is 7.66. The molecule has 0 aliphatic rings. The molecule has 0 aromatic heterocycles. The van der Waals surface area contributed by atoms with Crippen molar-refractivity contribution in [2.75, 3.05) is 13.2 Å². The Morgan fingerprint density at radius 1 is 0.676 bits per heavy atom. The van der Waals surface area contributed by atoms with E-state index in [1.54, 1.807) is 0 Å². The molecule has 0 aliphatic carbocycles. The molecule has 0 heterocycles. The van der Waals surface area contributed by atoms with Crippen molar-refractivity contribution in [2.24, 2.45) is 0 Å². The molecule has 208 valence electrons. The van der Waals surface area contributed by atoms with Crippen LogP contribution < -0.4 is 5.32 Å². The summed E-state index contributed by atoms with van der Waals surface area (Å²) in [5.74, 6) is -0.0733. The molecular weight excluding hydrogens is 458 g/mol. The second kappa shape index (κ2) is 18.4. The molecule has 2 rings (SSSR count). The van der Waals surface area contributed by atoms with Gasteiger partial charge in [-0.15, -0.1) is 0 Å². The highest BCUT2D eigenvalue weighted by Gasteiger charge is 2.30. The smallest absolute Gasteiger partial charge is 0.220 e. The number of nitrogens with one attached hydrogen (secondary N) is 1. The number of unbranched alkanes of at least 4 members (excludes halogenated alkanes) is 11. The lowest BCUT2D eigenvalue weighted by molar-refractivity contribution is -0.124. The van der Waals surface area contributed by atoms with Crippen LogP contribution in [0.15, 0.2) is 36.4 Å². The summed E-state index contributed by atoms with van der Waals surface area (Å²) < 4.78 is 0. The van der Waals surface area contributed by atoms with Crippen LogP contribution in [0, 0.1) is 0 Å². The maximum Gasteiger partial charge on any atom is 0.220 e. The van der Waals surface area contributed by atoms with Gasteiger partial charge in [0.2, 0.25) is 5.91 Å². The molecular formula is C33H53NO3. The Morgan fingerprint density at radius 2 is 1.16 bits per heavy atom. The molecule has 0 saturated heterocycles. The standard InChI is InChI=1S/C33H53NO3/c1-3-5-7-9-11-13-15-21-32(37)34-33(26-35,27-36)25-24-29-23-22-28(18-14-12-10-8-6-4-2)30-19-16-17-20-31(29)30/h16-17,19-20,22-23,35-36H,3-15,18,21,24-27H2,1-2H3,(H,34,37). The molecule has 0 bridgehead atoms. The highest BCUT2D eigenvalue weighted by atomic mass is 16.3. The van der Waals surface area contributed by atoms with E-state index in [0.717, 1.165) is 19.3 Å². The van der Waals surface area contributed by atoms with Gasteiger partial charge in [-0.25, -0.2) is 0 Å². The number of aryl methyl sites for hydroxylation is 2. The summed E-state index contributed by atoms with van der Waals surface area (Å²) >= 11 is 0. The molecule has 0 spiro atoms. The Hall–Kier alpha value is -1.91. The molecule has 4 heteroatoms. The van der Waals surface area contributed by atoms with Crippen LogP contribution in [0.4, 0.5) is 0 Å². The van der Waals surface area contributed by atoms with Crippen molar-refractivity contribution < 1.29 is 15.0 Å². The van der Waals surface area contributed by atoms with Gasteiger partial charge < -0.3 is 15.5 Å². The first-order valence-electron chi connectivity index (χ1n) is 15.1. The maximum absolute atomic E-state index is 12.6. The molecule has 0 unspecified atom stereocenters. The van der Waals surface area contributed by atoms with Crippen molar-refractivity contribution >= 4 is 16.7 Å². The number of carbonyl (C=O) groups is 1. The fourth-order valence-corrected chi connectivity index (χ4v) is 5.28. The summed E-state index contributed by atoms with van der Waals surface area (Å²) in [5.41, 5.74) is 1.61. The summed E-state index contributed by atoms with van der Waals surface area (Å²) in [7, 11) is 0. The van der Waals surface area contributed by atoms with Crippen LogP contribution in [0.25, 0.3) is 10.8 Å². The molecule has 0 saturated carbocycles. The predicted molar refractivity (Wildman–Crippen MR) is 157 cm³/mol. The van der Waals surface area contributed by atoms with Gasteiger partial charge in [-0.05, 0) is 54.0 Å². The SMILES string of the molecule is CCCCCCCCCC(=O)NC(CO)(CO)CCc1ccc(CCCCCCCC)c2ccccc12.